The molecule has 0 aromatic heterocycles. The molecule has 1 fully saturated rings. The van der Waals surface area contributed by atoms with Gasteiger partial charge in [0.15, 0.2) is 17.0 Å². The van der Waals surface area contributed by atoms with Gasteiger partial charge in [0.05, 0.1) is 0 Å². The Morgan fingerprint density at radius 2 is 1.74 bits per heavy atom. The second kappa shape index (κ2) is 4.30. The van der Waals surface area contributed by atoms with Crippen molar-refractivity contribution in [2.45, 2.75) is 0 Å². The van der Waals surface area contributed by atoms with Crippen LogP contribution in [0.2, 0.25) is 0 Å². The van der Waals surface area contributed by atoms with Crippen LogP contribution in [0, 0.1) is 0 Å². The lowest BCUT2D eigenvalue weighted by atomic mass is 10.1. The maximum Gasteiger partial charge on any atom is 0.154 e. The predicted molar refractivity (Wildman–Crippen MR) is 78.7 cm³/mol. The zero-order valence-corrected chi connectivity index (χ0v) is 11.8. The van der Waals surface area contributed by atoms with Gasteiger partial charge < -0.3 is 9.45 Å². The van der Waals surface area contributed by atoms with Crippen LogP contribution >= 0.6 is 0 Å². The molecule has 1 unspecified atom stereocenters. The average molecular weight is 276 g/mol. The average Bonchev–Trinajstić information content (AvgIpc) is 3.18. The van der Waals surface area contributed by atoms with Gasteiger partial charge in [-0.05, 0) is 12.1 Å². The van der Waals surface area contributed by atoms with Gasteiger partial charge in [-0.15, -0.1) is 0 Å². The van der Waals surface area contributed by atoms with Crippen LogP contribution in [0.3, 0.4) is 0 Å². The van der Waals surface area contributed by atoms with Gasteiger partial charge in [-0.1, -0.05) is 18.2 Å². The minimum absolute atomic E-state index is 0.0637. The summed E-state index contributed by atoms with van der Waals surface area (Å²) in [5.41, 5.74) is 1.99. The van der Waals surface area contributed by atoms with Crippen molar-refractivity contribution < 1.29 is 8.76 Å². The standard InChI is InChI=1S/C14H16N2O2S/c1-15(2)13-7-3-6-12-11(13)5-4-8-14(12)16(9-10-16)19(17)18/h3-8H,9-10H2,1-2H3. The van der Waals surface area contributed by atoms with Gasteiger partial charge in [0.2, 0.25) is 0 Å². The van der Waals surface area contributed by atoms with Gasteiger partial charge >= 0.3 is 0 Å². The molecule has 0 spiro atoms. The highest BCUT2D eigenvalue weighted by Gasteiger charge is 2.48. The molecule has 1 saturated heterocycles. The van der Waals surface area contributed by atoms with E-state index in [1.165, 1.54) is 0 Å². The molecule has 0 amide bonds. The first-order chi connectivity index (χ1) is 9.06. The minimum Gasteiger partial charge on any atom is -0.724 e. The van der Waals surface area contributed by atoms with E-state index < -0.39 is 11.3 Å². The molecule has 2 aromatic carbocycles. The Morgan fingerprint density at radius 3 is 2.32 bits per heavy atom. The Balaban J connectivity index is 2.28. The van der Waals surface area contributed by atoms with Crippen LogP contribution in [0.4, 0.5) is 11.4 Å². The molecule has 0 N–H and O–H groups in total. The van der Waals surface area contributed by atoms with Crippen molar-refractivity contribution in [3.8, 4) is 0 Å². The largest absolute Gasteiger partial charge is 0.724 e. The van der Waals surface area contributed by atoms with Crippen LogP contribution in [-0.4, -0.2) is 35.9 Å². The zero-order chi connectivity index (χ0) is 13.6. The number of hydrogen-bond donors (Lipinski definition) is 0. The van der Waals surface area contributed by atoms with E-state index in [0.29, 0.717) is 13.1 Å². The Hall–Kier alpha value is -1.43. The summed E-state index contributed by atoms with van der Waals surface area (Å²) < 4.78 is 23.1. The van der Waals surface area contributed by atoms with Gasteiger partial charge in [0.25, 0.3) is 0 Å². The van der Waals surface area contributed by atoms with Crippen molar-refractivity contribution in [2.75, 3.05) is 32.1 Å². The fraction of sp³-hybridized carbons (Fsp3) is 0.286. The number of benzene rings is 2. The van der Waals surface area contributed by atoms with E-state index in [4.69, 9.17) is 0 Å². The molecule has 0 bridgehead atoms. The van der Waals surface area contributed by atoms with Gasteiger partial charge in [-0.2, -0.15) is 0 Å². The lowest BCUT2D eigenvalue weighted by Gasteiger charge is -2.22. The lowest BCUT2D eigenvalue weighted by Crippen LogP contribution is -2.28. The van der Waals surface area contributed by atoms with Crippen molar-refractivity contribution in [2.24, 2.45) is 0 Å². The molecule has 2 aromatic rings. The topological polar surface area (TPSA) is 43.4 Å². The monoisotopic (exact) mass is 276 g/mol. The summed E-state index contributed by atoms with van der Waals surface area (Å²) in [4.78, 5) is 2.05. The van der Waals surface area contributed by atoms with Crippen molar-refractivity contribution in [1.29, 1.82) is 0 Å². The highest BCUT2D eigenvalue weighted by molar-refractivity contribution is 7.79. The van der Waals surface area contributed by atoms with E-state index in [-0.39, 0.29) is 3.89 Å². The molecule has 1 aliphatic rings. The van der Waals surface area contributed by atoms with Crippen LogP contribution in [0.25, 0.3) is 10.8 Å². The summed E-state index contributed by atoms with van der Waals surface area (Å²) in [5.74, 6) is 0. The van der Waals surface area contributed by atoms with E-state index in [1.54, 1.807) is 0 Å². The van der Waals surface area contributed by atoms with Crippen molar-refractivity contribution in [1.82, 2.24) is 3.89 Å². The Bertz CT molecular complexity index is 666. The second-order valence-corrected chi connectivity index (χ2v) is 6.23. The first kappa shape index (κ1) is 12.6. The quantitative estimate of drug-likeness (QED) is 0.489. The fourth-order valence-electron chi connectivity index (χ4n) is 2.58. The third-order valence-electron chi connectivity index (χ3n) is 3.71. The van der Waals surface area contributed by atoms with Gasteiger partial charge in [-0.25, -0.2) is 8.10 Å². The van der Waals surface area contributed by atoms with Crippen molar-refractivity contribution in [3.63, 3.8) is 0 Å². The van der Waals surface area contributed by atoms with Crippen molar-refractivity contribution in [3.05, 3.63) is 36.4 Å². The Kier molecular flexibility index (Phi) is 2.85. The maximum atomic E-state index is 11.5. The Labute approximate surface area is 115 Å². The molecule has 1 heterocycles. The summed E-state index contributed by atoms with van der Waals surface area (Å²) in [5, 5.41) is 2.12. The molecule has 5 heteroatoms. The predicted octanol–water partition coefficient (Wildman–Crippen LogP) is 2.02. The van der Waals surface area contributed by atoms with E-state index in [2.05, 4.69) is 0 Å². The third-order valence-corrected chi connectivity index (χ3v) is 4.84. The second-order valence-electron chi connectivity index (χ2n) is 5.10. The summed E-state index contributed by atoms with van der Waals surface area (Å²) in [6, 6.07) is 11.9. The van der Waals surface area contributed by atoms with Gasteiger partial charge in [0.1, 0.15) is 13.1 Å². The van der Waals surface area contributed by atoms with Crippen LogP contribution in [0.1, 0.15) is 0 Å². The number of nitrogens with zero attached hydrogens (tertiary/aromatic N) is 2. The van der Waals surface area contributed by atoms with Gasteiger partial charge in [0, 0.05) is 36.6 Å². The third kappa shape index (κ3) is 1.85. The molecule has 19 heavy (non-hydrogen) atoms. The summed E-state index contributed by atoms with van der Waals surface area (Å²) in [6.07, 6.45) is 0. The van der Waals surface area contributed by atoms with E-state index in [0.717, 1.165) is 22.1 Å². The summed E-state index contributed by atoms with van der Waals surface area (Å²) in [6.45, 7) is 1.34. The SMILES string of the molecule is CN(C)c1cccc2c([N+]3(S(=O)[O-])CC3)cccc12. The molecule has 100 valence electrons. The van der Waals surface area contributed by atoms with E-state index in [9.17, 15) is 8.76 Å². The first-order valence-corrected chi connectivity index (χ1v) is 7.26. The number of hydrogen-bond acceptors (Lipinski definition) is 3. The summed E-state index contributed by atoms with van der Waals surface area (Å²) >= 11 is -2.12. The van der Waals surface area contributed by atoms with Crippen LogP contribution < -0.4 is 8.79 Å². The lowest BCUT2D eigenvalue weighted by molar-refractivity contribution is 0.502. The molecule has 1 atom stereocenters. The van der Waals surface area contributed by atoms with Crippen molar-refractivity contribution >= 4 is 33.4 Å². The molecule has 3 rings (SSSR count). The maximum absolute atomic E-state index is 11.5. The molecule has 1 aliphatic heterocycles. The zero-order valence-electron chi connectivity index (χ0n) is 11.0. The highest BCUT2D eigenvalue weighted by atomic mass is 32.2. The van der Waals surface area contributed by atoms with Crippen LogP contribution in [-0.2, 0) is 11.3 Å². The van der Waals surface area contributed by atoms with Crippen LogP contribution in [0.15, 0.2) is 36.4 Å². The minimum atomic E-state index is -2.12. The Morgan fingerprint density at radius 1 is 1.11 bits per heavy atom. The summed E-state index contributed by atoms with van der Waals surface area (Å²) in [7, 11) is 3.99. The highest BCUT2D eigenvalue weighted by Crippen LogP contribution is 2.41. The molecular weight excluding hydrogens is 260 g/mol. The first-order valence-electron chi connectivity index (χ1n) is 6.23. The van der Waals surface area contributed by atoms with Gasteiger partial charge in [-0.3, -0.25) is 0 Å². The van der Waals surface area contributed by atoms with Crippen LogP contribution in [0.5, 0.6) is 0 Å². The number of quaternary nitrogens is 1. The molecule has 0 aliphatic carbocycles. The fourth-order valence-corrected chi connectivity index (χ4v) is 3.28. The number of rotatable bonds is 3. The number of anilines is 1. The normalized spacial score (nSPS) is 18.3. The molecule has 0 saturated carbocycles. The smallest absolute Gasteiger partial charge is 0.154 e. The van der Waals surface area contributed by atoms with E-state index >= 15 is 0 Å². The molecular formula is C14H16N2O2S. The van der Waals surface area contributed by atoms with E-state index in [1.807, 2.05) is 55.4 Å². The number of fused-ring (bicyclic) bond motifs is 1. The molecule has 4 nitrogen and oxygen atoms in total. The molecule has 0 radical (unpaired) electrons.